The molecule has 0 saturated carbocycles. The first kappa shape index (κ1) is 20.3. The van der Waals surface area contributed by atoms with Crippen LogP contribution in [0.5, 0.6) is 0 Å². The van der Waals surface area contributed by atoms with Crippen LogP contribution in [0, 0.1) is 27.2 Å². The third kappa shape index (κ3) is 4.70. The number of amides is 1. The summed E-state index contributed by atoms with van der Waals surface area (Å²) in [6, 6.07) is 8.99. The van der Waals surface area contributed by atoms with Crippen LogP contribution in [0.2, 0.25) is 5.02 Å². The predicted molar refractivity (Wildman–Crippen MR) is 107 cm³/mol. The van der Waals surface area contributed by atoms with Gasteiger partial charge in [0.15, 0.2) is 0 Å². The molecule has 1 aromatic heterocycles. The number of nitro benzene ring substituents is 2. The minimum Gasteiger partial charge on any atom is -0.296 e. The number of hydrogen-bond acceptors (Lipinski definition) is 8. The molecule has 0 bridgehead atoms. The van der Waals surface area contributed by atoms with Crippen molar-refractivity contribution in [3.63, 3.8) is 0 Å². The lowest BCUT2D eigenvalue weighted by Gasteiger charge is -2.06. The highest BCUT2D eigenvalue weighted by molar-refractivity contribution is 7.15. The van der Waals surface area contributed by atoms with Crippen LogP contribution < -0.4 is 5.32 Å². The molecule has 0 atom stereocenters. The molecule has 0 aliphatic rings. The Kier molecular flexibility index (Phi) is 5.80. The van der Waals surface area contributed by atoms with Crippen LogP contribution in [0.3, 0.4) is 0 Å². The Morgan fingerprint density at radius 1 is 1.14 bits per heavy atom. The normalized spacial score (nSPS) is 10.6. The first-order valence-electron chi connectivity index (χ1n) is 8.06. The Morgan fingerprint density at radius 3 is 2.45 bits per heavy atom. The number of non-ortho nitro benzene ring substituents is 1. The van der Waals surface area contributed by atoms with E-state index >= 15 is 0 Å². The Labute approximate surface area is 172 Å². The van der Waals surface area contributed by atoms with E-state index in [4.69, 9.17) is 11.6 Å². The zero-order valence-corrected chi connectivity index (χ0v) is 16.4. The van der Waals surface area contributed by atoms with E-state index in [9.17, 15) is 25.0 Å². The molecule has 0 unspecified atom stereocenters. The molecule has 1 N–H and O–H groups in total. The molecule has 1 heterocycles. The predicted octanol–water partition coefficient (Wildman–Crippen LogP) is 4.16. The molecule has 3 rings (SSSR count). The van der Waals surface area contributed by atoms with Crippen molar-refractivity contribution in [1.29, 1.82) is 0 Å². The van der Waals surface area contributed by atoms with Crippen molar-refractivity contribution in [1.82, 2.24) is 10.2 Å². The number of halogens is 1. The summed E-state index contributed by atoms with van der Waals surface area (Å²) in [5.41, 5.74) is -0.267. The fraction of sp³-hybridized carbons (Fsp3) is 0.118. The third-order valence-electron chi connectivity index (χ3n) is 3.97. The molecule has 10 nitrogen and oxygen atoms in total. The van der Waals surface area contributed by atoms with Gasteiger partial charge >= 0.3 is 0 Å². The molecule has 0 aliphatic heterocycles. The first-order chi connectivity index (χ1) is 13.7. The maximum Gasteiger partial charge on any atom is 0.279 e. The summed E-state index contributed by atoms with van der Waals surface area (Å²) in [5, 5.41) is 34.0. The lowest BCUT2D eigenvalue weighted by Crippen LogP contribution is -2.14. The molecule has 2 aromatic carbocycles. The van der Waals surface area contributed by atoms with Crippen LogP contribution in [0.4, 0.5) is 16.5 Å². The Morgan fingerprint density at radius 2 is 1.83 bits per heavy atom. The number of carbonyl (C=O) groups excluding carboxylic acids is 1. The van der Waals surface area contributed by atoms with Crippen LogP contribution in [-0.4, -0.2) is 26.0 Å². The van der Waals surface area contributed by atoms with Crippen molar-refractivity contribution in [3.05, 3.63) is 83.3 Å². The number of nitrogens with zero attached hydrogens (tertiary/aromatic N) is 4. The Bertz CT molecular complexity index is 1120. The fourth-order valence-corrected chi connectivity index (χ4v) is 3.43. The highest BCUT2D eigenvalue weighted by Crippen LogP contribution is 2.29. The van der Waals surface area contributed by atoms with Gasteiger partial charge in [0.05, 0.1) is 21.5 Å². The van der Waals surface area contributed by atoms with Gasteiger partial charge in [0.1, 0.15) is 5.01 Å². The maximum atomic E-state index is 12.6. The van der Waals surface area contributed by atoms with Crippen molar-refractivity contribution < 1.29 is 14.6 Å². The van der Waals surface area contributed by atoms with Gasteiger partial charge in [0.2, 0.25) is 5.13 Å². The summed E-state index contributed by atoms with van der Waals surface area (Å²) >= 11 is 6.98. The summed E-state index contributed by atoms with van der Waals surface area (Å²) in [6.07, 6.45) is 0.478. The van der Waals surface area contributed by atoms with E-state index < -0.39 is 27.1 Å². The van der Waals surface area contributed by atoms with Crippen LogP contribution in [-0.2, 0) is 6.42 Å². The van der Waals surface area contributed by atoms with Crippen LogP contribution in [0.25, 0.3) is 0 Å². The topological polar surface area (TPSA) is 141 Å². The second-order valence-electron chi connectivity index (χ2n) is 5.91. The van der Waals surface area contributed by atoms with E-state index in [-0.39, 0.29) is 16.3 Å². The molecule has 12 heteroatoms. The maximum absolute atomic E-state index is 12.6. The van der Waals surface area contributed by atoms with Gasteiger partial charge in [0, 0.05) is 23.1 Å². The SMILES string of the molecule is Cc1c(C(=O)Nc2nnc(Cc3ccc(Cl)cc3)s2)cc([N+](=O)[O-])cc1[N+](=O)[O-]. The number of nitro groups is 2. The minimum atomic E-state index is -0.793. The average molecular weight is 434 g/mol. The Hall–Kier alpha value is -3.44. The quantitative estimate of drug-likeness (QED) is 0.454. The van der Waals surface area contributed by atoms with Gasteiger partial charge in [-0.1, -0.05) is 35.1 Å². The van der Waals surface area contributed by atoms with E-state index in [2.05, 4.69) is 15.5 Å². The molecule has 148 valence electrons. The van der Waals surface area contributed by atoms with Crippen molar-refractivity contribution in [2.24, 2.45) is 0 Å². The molecule has 0 fully saturated rings. The van der Waals surface area contributed by atoms with Gasteiger partial charge in [-0.2, -0.15) is 0 Å². The number of benzene rings is 2. The number of anilines is 1. The minimum absolute atomic E-state index is 0.0176. The summed E-state index contributed by atoms with van der Waals surface area (Å²) < 4.78 is 0. The lowest BCUT2D eigenvalue weighted by atomic mass is 10.0. The molecule has 3 aromatic rings. The van der Waals surface area contributed by atoms with Gasteiger partial charge < -0.3 is 0 Å². The van der Waals surface area contributed by atoms with E-state index in [1.807, 2.05) is 12.1 Å². The number of hydrogen-bond donors (Lipinski definition) is 1. The first-order valence-corrected chi connectivity index (χ1v) is 9.25. The standard InChI is InChI=1S/C17H12ClN5O5S/c1-9-13(7-12(22(25)26)8-14(9)23(27)28)16(24)19-17-21-20-15(29-17)6-10-2-4-11(18)5-3-10/h2-5,7-8H,6H2,1H3,(H,19,21,24). The smallest absolute Gasteiger partial charge is 0.279 e. The van der Waals surface area contributed by atoms with Crippen molar-refractivity contribution in [3.8, 4) is 0 Å². The summed E-state index contributed by atoms with van der Waals surface area (Å²) in [7, 11) is 0. The van der Waals surface area contributed by atoms with E-state index in [0.29, 0.717) is 16.5 Å². The van der Waals surface area contributed by atoms with Crippen LogP contribution in [0.15, 0.2) is 36.4 Å². The molecular weight excluding hydrogens is 422 g/mol. The van der Waals surface area contributed by atoms with Gasteiger partial charge in [-0.3, -0.25) is 30.3 Å². The number of rotatable bonds is 6. The van der Waals surface area contributed by atoms with Crippen LogP contribution in [0.1, 0.15) is 26.5 Å². The highest BCUT2D eigenvalue weighted by atomic mass is 35.5. The molecule has 0 radical (unpaired) electrons. The van der Waals surface area contributed by atoms with Crippen molar-refractivity contribution in [2.45, 2.75) is 13.3 Å². The second kappa shape index (κ2) is 8.29. The van der Waals surface area contributed by atoms with E-state index in [0.717, 1.165) is 29.0 Å². The zero-order valence-electron chi connectivity index (χ0n) is 14.8. The largest absolute Gasteiger partial charge is 0.296 e. The van der Waals surface area contributed by atoms with Gasteiger partial charge in [-0.05, 0) is 24.6 Å². The summed E-state index contributed by atoms with van der Waals surface area (Å²) in [6.45, 7) is 1.35. The summed E-state index contributed by atoms with van der Waals surface area (Å²) in [5.74, 6) is -0.747. The molecule has 0 spiro atoms. The average Bonchev–Trinajstić information content (AvgIpc) is 3.10. The summed E-state index contributed by atoms with van der Waals surface area (Å²) in [4.78, 5) is 33.2. The Balaban J connectivity index is 1.82. The molecule has 0 saturated heterocycles. The molecule has 0 aliphatic carbocycles. The lowest BCUT2D eigenvalue weighted by molar-refractivity contribution is -0.394. The number of nitrogens with one attached hydrogen (secondary N) is 1. The fourth-order valence-electron chi connectivity index (χ4n) is 2.53. The number of aromatic nitrogens is 2. The van der Waals surface area contributed by atoms with Gasteiger partial charge in [-0.15, -0.1) is 10.2 Å². The van der Waals surface area contributed by atoms with Crippen molar-refractivity contribution in [2.75, 3.05) is 5.32 Å². The third-order valence-corrected chi connectivity index (χ3v) is 5.06. The van der Waals surface area contributed by atoms with E-state index in [1.54, 1.807) is 12.1 Å². The number of carbonyl (C=O) groups is 1. The monoisotopic (exact) mass is 433 g/mol. The second-order valence-corrected chi connectivity index (χ2v) is 7.41. The molecule has 29 heavy (non-hydrogen) atoms. The van der Waals surface area contributed by atoms with Gasteiger partial charge in [0.25, 0.3) is 17.3 Å². The van der Waals surface area contributed by atoms with Gasteiger partial charge in [-0.25, -0.2) is 0 Å². The zero-order chi connectivity index (χ0) is 21.1. The van der Waals surface area contributed by atoms with E-state index in [1.165, 1.54) is 6.92 Å². The van der Waals surface area contributed by atoms with Crippen LogP contribution >= 0.6 is 22.9 Å². The highest BCUT2D eigenvalue weighted by Gasteiger charge is 2.25. The molecule has 1 amide bonds. The van der Waals surface area contributed by atoms with Crippen molar-refractivity contribution >= 4 is 45.4 Å². The molecular formula is C17H12ClN5O5S.